The fraction of sp³-hybridized carbons (Fsp3) is 0.391. The summed E-state index contributed by atoms with van der Waals surface area (Å²) >= 11 is 0. The summed E-state index contributed by atoms with van der Waals surface area (Å²) < 4.78 is 52.9. The summed E-state index contributed by atoms with van der Waals surface area (Å²) in [5.41, 5.74) is -0.0561. The van der Waals surface area contributed by atoms with Crippen molar-refractivity contribution in [3.8, 4) is 11.8 Å². The number of hydrogen-bond donors (Lipinski definition) is 0. The molecule has 4 nitrogen and oxygen atoms in total. The molecule has 162 valence electrons. The van der Waals surface area contributed by atoms with Gasteiger partial charge >= 0.3 is 5.97 Å². The Morgan fingerprint density at radius 1 is 1.10 bits per heavy atom. The molecule has 0 bridgehead atoms. The van der Waals surface area contributed by atoms with Crippen molar-refractivity contribution in [3.05, 3.63) is 64.5 Å². The fourth-order valence-corrected chi connectivity index (χ4v) is 4.05. The Morgan fingerprint density at radius 3 is 2.29 bits per heavy atom. The maximum atomic E-state index is 14.6. The molecule has 0 N–H and O–H groups in total. The zero-order chi connectivity index (χ0) is 22.5. The van der Waals surface area contributed by atoms with Crippen molar-refractivity contribution in [2.24, 2.45) is 0 Å². The van der Waals surface area contributed by atoms with Crippen LogP contribution in [0.5, 0.6) is 5.75 Å². The summed E-state index contributed by atoms with van der Waals surface area (Å²) in [6.07, 6.45) is 3.78. The SMILES string of the molecule is C[Si]C(C)OC1CCC(c2ccc(C(=O)Oc3cc(F)c(C#N)c(F)c3)c(F)c2)CC1. The molecule has 1 aliphatic rings. The van der Waals surface area contributed by atoms with Gasteiger partial charge in [-0.1, -0.05) is 12.6 Å². The standard InChI is InChI=1S/C23H22F3NO3Si/c1-13(31-2)29-16-6-3-14(4-7-16)15-5-8-18(20(24)9-15)23(28)30-17-10-21(25)19(12-27)22(26)11-17/h5,8-11,13-14,16H,3-4,6-7H2,1-2H3. The van der Waals surface area contributed by atoms with Crippen LogP contribution in [0, 0.1) is 28.8 Å². The van der Waals surface area contributed by atoms with Gasteiger partial charge in [-0.15, -0.1) is 0 Å². The van der Waals surface area contributed by atoms with Crippen LogP contribution in [0.25, 0.3) is 0 Å². The average molecular weight is 446 g/mol. The quantitative estimate of drug-likeness (QED) is 0.342. The Kier molecular flexibility index (Phi) is 7.52. The smallest absolute Gasteiger partial charge is 0.346 e. The van der Waals surface area contributed by atoms with Crippen molar-refractivity contribution < 1.29 is 27.4 Å². The molecule has 0 amide bonds. The van der Waals surface area contributed by atoms with Crippen LogP contribution >= 0.6 is 0 Å². The van der Waals surface area contributed by atoms with Crippen LogP contribution in [0.2, 0.25) is 6.55 Å². The van der Waals surface area contributed by atoms with Crippen LogP contribution in [0.15, 0.2) is 30.3 Å². The Bertz CT molecular complexity index is 977. The number of carbonyl (C=O) groups is 1. The number of nitriles is 1. The van der Waals surface area contributed by atoms with Gasteiger partial charge in [-0.25, -0.2) is 18.0 Å². The van der Waals surface area contributed by atoms with E-state index in [2.05, 4.69) is 13.5 Å². The molecular formula is C23H22F3NO3Si. The molecule has 0 heterocycles. The van der Waals surface area contributed by atoms with E-state index in [1.807, 2.05) is 0 Å². The summed E-state index contributed by atoms with van der Waals surface area (Å²) in [4.78, 5) is 12.3. The van der Waals surface area contributed by atoms with E-state index in [0.717, 1.165) is 40.8 Å². The maximum Gasteiger partial charge on any atom is 0.346 e. The number of carbonyl (C=O) groups excluding carboxylic acids is 1. The Labute approximate surface area is 181 Å². The maximum absolute atomic E-state index is 14.6. The first-order valence-electron chi connectivity index (χ1n) is 10.1. The molecule has 2 radical (unpaired) electrons. The second-order valence-electron chi connectivity index (χ2n) is 7.54. The molecule has 8 heteroatoms. The molecule has 0 saturated heterocycles. The summed E-state index contributed by atoms with van der Waals surface area (Å²) in [7, 11) is 0.732. The minimum Gasteiger partial charge on any atom is -0.423 e. The molecule has 0 spiro atoms. The van der Waals surface area contributed by atoms with Gasteiger partial charge in [0.25, 0.3) is 0 Å². The molecule has 0 aromatic heterocycles. The fourth-order valence-electron chi connectivity index (χ4n) is 3.72. The lowest BCUT2D eigenvalue weighted by molar-refractivity contribution is 0.0113. The largest absolute Gasteiger partial charge is 0.423 e. The molecule has 31 heavy (non-hydrogen) atoms. The summed E-state index contributed by atoms with van der Waals surface area (Å²) in [5, 5.41) is 8.69. The second kappa shape index (κ2) is 10.1. The van der Waals surface area contributed by atoms with Gasteiger partial charge in [0.05, 0.1) is 21.2 Å². The molecule has 1 aliphatic carbocycles. The topological polar surface area (TPSA) is 59.3 Å². The van der Waals surface area contributed by atoms with Crippen molar-refractivity contribution in [2.75, 3.05) is 0 Å². The van der Waals surface area contributed by atoms with Crippen molar-refractivity contribution in [3.63, 3.8) is 0 Å². The predicted molar refractivity (Wildman–Crippen MR) is 110 cm³/mol. The van der Waals surface area contributed by atoms with E-state index >= 15 is 0 Å². The van der Waals surface area contributed by atoms with Crippen molar-refractivity contribution >= 4 is 15.5 Å². The number of nitrogens with zero attached hydrogens (tertiary/aromatic N) is 1. The van der Waals surface area contributed by atoms with Gasteiger partial charge in [-0.2, -0.15) is 5.26 Å². The molecule has 2 aromatic rings. The highest BCUT2D eigenvalue weighted by Crippen LogP contribution is 2.35. The average Bonchev–Trinajstić information content (AvgIpc) is 2.73. The first-order valence-corrected chi connectivity index (χ1v) is 11.6. The van der Waals surface area contributed by atoms with Crippen molar-refractivity contribution in [1.29, 1.82) is 5.26 Å². The van der Waals surface area contributed by atoms with E-state index in [1.54, 1.807) is 6.07 Å². The Balaban J connectivity index is 1.66. The molecule has 1 atom stereocenters. The van der Waals surface area contributed by atoms with Crippen LogP contribution < -0.4 is 4.74 Å². The van der Waals surface area contributed by atoms with Gasteiger partial charge in [-0.3, -0.25) is 0 Å². The molecular weight excluding hydrogens is 423 g/mol. The third kappa shape index (κ3) is 5.54. The number of hydrogen-bond acceptors (Lipinski definition) is 4. The van der Waals surface area contributed by atoms with Gasteiger partial charge in [-0.05, 0) is 56.2 Å². The van der Waals surface area contributed by atoms with E-state index in [0.29, 0.717) is 12.1 Å². The zero-order valence-corrected chi connectivity index (χ0v) is 18.3. The highest BCUT2D eigenvalue weighted by Gasteiger charge is 2.25. The van der Waals surface area contributed by atoms with Gasteiger partial charge in [0.2, 0.25) is 0 Å². The monoisotopic (exact) mass is 445 g/mol. The Morgan fingerprint density at radius 2 is 1.74 bits per heavy atom. The minimum absolute atomic E-state index is 0.181. The molecule has 3 rings (SSSR count). The minimum atomic E-state index is -1.16. The van der Waals surface area contributed by atoms with E-state index in [-0.39, 0.29) is 23.3 Å². The third-order valence-corrected chi connectivity index (χ3v) is 6.45. The first kappa shape index (κ1) is 23.0. The van der Waals surface area contributed by atoms with E-state index in [4.69, 9.17) is 14.7 Å². The van der Waals surface area contributed by atoms with E-state index in [1.165, 1.54) is 18.2 Å². The van der Waals surface area contributed by atoms with Crippen LogP contribution in [0.4, 0.5) is 13.2 Å². The summed E-state index contributed by atoms with van der Waals surface area (Å²) in [6.45, 7) is 4.18. The van der Waals surface area contributed by atoms with Crippen molar-refractivity contribution in [2.45, 2.75) is 56.9 Å². The summed E-state index contributed by atoms with van der Waals surface area (Å²) in [6, 6.07) is 7.13. The second-order valence-corrected chi connectivity index (χ2v) is 8.93. The van der Waals surface area contributed by atoms with E-state index in [9.17, 15) is 18.0 Å². The molecule has 1 saturated carbocycles. The lowest BCUT2D eigenvalue weighted by Crippen LogP contribution is -2.27. The molecule has 2 aromatic carbocycles. The van der Waals surface area contributed by atoms with Gasteiger partial charge in [0.1, 0.15) is 34.8 Å². The van der Waals surface area contributed by atoms with Crippen LogP contribution in [-0.4, -0.2) is 27.3 Å². The van der Waals surface area contributed by atoms with Crippen LogP contribution in [-0.2, 0) is 4.74 Å². The van der Waals surface area contributed by atoms with E-state index < -0.39 is 34.7 Å². The molecule has 1 fully saturated rings. The lowest BCUT2D eigenvalue weighted by Gasteiger charge is -2.30. The first-order chi connectivity index (χ1) is 14.8. The van der Waals surface area contributed by atoms with Gasteiger partial charge < -0.3 is 9.47 Å². The lowest BCUT2D eigenvalue weighted by atomic mass is 9.82. The van der Waals surface area contributed by atoms with Crippen LogP contribution in [0.3, 0.4) is 0 Å². The third-order valence-electron chi connectivity index (χ3n) is 5.50. The number of benzene rings is 2. The van der Waals surface area contributed by atoms with Crippen LogP contribution in [0.1, 0.15) is 60.0 Å². The van der Waals surface area contributed by atoms with Gasteiger partial charge in [0.15, 0.2) is 0 Å². The normalized spacial score (nSPS) is 19.5. The van der Waals surface area contributed by atoms with Crippen molar-refractivity contribution in [1.82, 2.24) is 0 Å². The number of esters is 1. The molecule has 1 unspecified atom stereocenters. The number of halogens is 3. The Hall–Kier alpha value is -2.63. The number of ether oxygens (including phenoxy) is 2. The number of rotatable bonds is 6. The molecule has 0 aliphatic heterocycles. The highest BCUT2D eigenvalue weighted by molar-refractivity contribution is 6.35. The highest BCUT2D eigenvalue weighted by atomic mass is 28.2. The summed E-state index contributed by atoms with van der Waals surface area (Å²) in [5.74, 6) is -4.40. The predicted octanol–water partition coefficient (Wildman–Crippen LogP) is 5.34. The van der Waals surface area contributed by atoms with Gasteiger partial charge in [0, 0.05) is 17.9 Å². The zero-order valence-electron chi connectivity index (χ0n) is 17.3.